The van der Waals surface area contributed by atoms with Gasteiger partial charge in [0.25, 0.3) is 0 Å². The Morgan fingerprint density at radius 2 is 1.62 bits per heavy atom. The molecule has 0 saturated heterocycles. The molecule has 0 heterocycles. The van der Waals surface area contributed by atoms with E-state index in [-0.39, 0.29) is 24.4 Å². The second kappa shape index (κ2) is 10.9. The van der Waals surface area contributed by atoms with Crippen LogP contribution in [0.1, 0.15) is 56.6 Å². The van der Waals surface area contributed by atoms with Gasteiger partial charge in [0.1, 0.15) is 12.6 Å². The number of hydrogen-bond donors (Lipinski definition) is 1. The SMILES string of the molecule is CNC(=O)[C@@H](C)N(Cc1cccc(Br)c1)C(=O)CN(c1ccc(C23CC4CC(CC(C4)C2)C3)cc1)S(C)(=O)=O. The van der Waals surface area contributed by atoms with Gasteiger partial charge < -0.3 is 10.2 Å². The molecule has 7 nitrogen and oxygen atoms in total. The Labute approximate surface area is 240 Å². The zero-order valence-corrected chi connectivity index (χ0v) is 25.3. The molecule has 1 N–H and O–H groups in total. The van der Waals surface area contributed by atoms with E-state index in [1.54, 1.807) is 6.92 Å². The molecule has 0 aromatic heterocycles. The number of likely N-dealkylation sites (N-methyl/N-ethyl adjacent to an activating group) is 1. The molecule has 39 heavy (non-hydrogen) atoms. The average molecular weight is 617 g/mol. The quantitative estimate of drug-likeness (QED) is 0.437. The Bertz CT molecular complexity index is 1310. The number of carbonyl (C=O) groups is 2. The minimum absolute atomic E-state index is 0.176. The number of hydrogen-bond acceptors (Lipinski definition) is 4. The third-order valence-corrected chi connectivity index (χ3v) is 10.8. The van der Waals surface area contributed by atoms with Crippen molar-refractivity contribution >= 4 is 43.5 Å². The molecule has 2 aromatic carbocycles. The Kier molecular flexibility index (Phi) is 7.85. The fourth-order valence-corrected chi connectivity index (χ4v) is 8.98. The third kappa shape index (κ3) is 5.89. The summed E-state index contributed by atoms with van der Waals surface area (Å²) >= 11 is 3.45. The molecule has 2 amide bonds. The summed E-state index contributed by atoms with van der Waals surface area (Å²) in [7, 11) is -2.24. The fraction of sp³-hybridized carbons (Fsp3) is 0.533. The summed E-state index contributed by atoms with van der Waals surface area (Å²) in [6.07, 6.45) is 8.91. The lowest BCUT2D eigenvalue weighted by Gasteiger charge is -2.57. The van der Waals surface area contributed by atoms with Crippen molar-refractivity contribution in [3.05, 3.63) is 64.1 Å². The van der Waals surface area contributed by atoms with Crippen molar-refractivity contribution in [2.75, 3.05) is 24.2 Å². The second-order valence-electron chi connectivity index (χ2n) is 12.0. The maximum absolute atomic E-state index is 13.6. The third-order valence-electron chi connectivity index (χ3n) is 9.14. The summed E-state index contributed by atoms with van der Waals surface area (Å²) < 4.78 is 27.9. The van der Waals surface area contributed by atoms with Gasteiger partial charge in [0.05, 0.1) is 11.9 Å². The van der Waals surface area contributed by atoms with E-state index in [1.807, 2.05) is 36.4 Å². The molecule has 1 atom stereocenters. The standard InChI is InChI=1S/C30H38BrN3O4S/c1-20(29(36)32-2)33(18-21-5-4-6-26(31)14-21)28(35)19-34(39(3,37)38)27-9-7-25(8-10-27)30-15-22-11-23(16-30)13-24(12-22)17-30/h4-10,14,20,22-24H,11-13,15-19H2,1-3H3,(H,32,36)/t20-,22?,23?,24?,30?/m1/s1. The number of rotatable bonds is 9. The molecule has 0 aliphatic heterocycles. The number of nitrogens with one attached hydrogen (secondary N) is 1. The first kappa shape index (κ1) is 28.1. The van der Waals surface area contributed by atoms with E-state index >= 15 is 0 Å². The minimum Gasteiger partial charge on any atom is -0.357 e. The number of benzene rings is 2. The Morgan fingerprint density at radius 3 is 2.13 bits per heavy atom. The van der Waals surface area contributed by atoms with Crippen LogP contribution in [0, 0.1) is 17.8 Å². The predicted molar refractivity (Wildman–Crippen MR) is 157 cm³/mol. The van der Waals surface area contributed by atoms with Crippen molar-refractivity contribution in [3.63, 3.8) is 0 Å². The van der Waals surface area contributed by atoms with Crippen molar-refractivity contribution in [1.29, 1.82) is 0 Å². The van der Waals surface area contributed by atoms with Gasteiger partial charge in [-0.05, 0) is 104 Å². The first-order valence-electron chi connectivity index (χ1n) is 13.8. The van der Waals surface area contributed by atoms with Crippen LogP contribution in [0.15, 0.2) is 53.0 Å². The number of nitrogens with zero attached hydrogens (tertiary/aromatic N) is 2. The van der Waals surface area contributed by atoms with E-state index in [1.165, 1.54) is 56.0 Å². The first-order chi connectivity index (χ1) is 18.5. The first-order valence-corrected chi connectivity index (χ1v) is 16.5. The van der Waals surface area contributed by atoms with Crippen molar-refractivity contribution < 1.29 is 18.0 Å². The average Bonchev–Trinajstić information content (AvgIpc) is 2.88. The highest BCUT2D eigenvalue weighted by molar-refractivity contribution is 9.10. The van der Waals surface area contributed by atoms with Crippen LogP contribution in [0.5, 0.6) is 0 Å². The van der Waals surface area contributed by atoms with Gasteiger partial charge in [0, 0.05) is 18.1 Å². The predicted octanol–water partition coefficient (Wildman–Crippen LogP) is 4.85. The molecule has 4 fully saturated rings. The largest absolute Gasteiger partial charge is 0.357 e. The smallest absolute Gasteiger partial charge is 0.244 e. The highest BCUT2D eigenvalue weighted by Crippen LogP contribution is 2.60. The molecular weight excluding hydrogens is 578 g/mol. The summed E-state index contributed by atoms with van der Waals surface area (Å²) in [6.45, 7) is 1.44. The molecule has 0 unspecified atom stereocenters. The van der Waals surface area contributed by atoms with Crippen LogP contribution in [0.25, 0.3) is 0 Å². The van der Waals surface area contributed by atoms with E-state index in [2.05, 4.69) is 33.4 Å². The molecule has 4 aliphatic rings. The number of amides is 2. The van der Waals surface area contributed by atoms with E-state index < -0.39 is 22.0 Å². The van der Waals surface area contributed by atoms with Gasteiger partial charge in [0.15, 0.2) is 0 Å². The minimum atomic E-state index is -3.76. The number of carbonyl (C=O) groups excluding carboxylic acids is 2. The fourth-order valence-electron chi connectivity index (χ4n) is 7.68. The summed E-state index contributed by atoms with van der Waals surface area (Å²) in [4.78, 5) is 27.6. The lowest BCUT2D eigenvalue weighted by atomic mass is 9.48. The molecule has 0 radical (unpaired) electrons. The monoisotopic (exact) mass is 615 g/mol. The van der Waals surface area contributed by atoms with Crippen molar-refractivity contribution in [3.8, 4) is 0 Å². The lowest BCUT2D eigenvalue weighted by molar-refractivity contribution is -0.139. The van der Waals surface area contributed by atoms with Crippen LogP contribution >= 0.6 is 15.9 Å². The molecule has 4 aliphatic carbocycles. The topological polar surface area (TPSA) is 86.8 Å². The molecule has 4 bridgehead atoms. The maximum Gasteiger partial charge on any atom is 0.244 e. The highest BCUT2D eigenvalue weighted by atomic mass is 79.9. The Balaban J connectivity index is 1.39. The van der Waals surface area contributed by atoms with Crippen molar-refractivity contribution in [2.45, 2.75) is 63.5 Å². The van der Waals surface area contributed by atoms with Crippen molar-refractivity contribution in [2.24, 2.45) is 17.8 Å². The second-order valence-corrected chi connectivity index (χ2v) is 14.8. The Hall–Kier alpha value is -2.39. The summed E-state index contributed by atoms with van der Waals surface area (Å²) in [5, 5.41) is 2.60. The molecule has 2 aromatic rings. The summed E-state index contributed by atoms with van der Waals surface area (Å²) in [5.74, 6) is 1.70. The van der Waals surface area contributed by atoms with Crippen molar-refractivity contribution in [1.82, 2.24) is 10.2 Å². The van der Waals surface area contributed by atoms with E-state index in [9.17, 15) is 18.0 Å². The van der Waals surface area contributed by atoms with Gasteiger partial charge in [-0.3, -0.25) is 13.9 Å². The summed E-state index contributed by atoms with van der Waals surface area (Å²) in [5.41, 5.74) is 2.81. The van der Waals surface area contributed by atoms with Crippen LogP contribution in [-0.2, 0) is 31.6 Å². The molecule has 9 heteroatoms. The van der Waals surface area contributed by atoms with Gasteiger partial charge in [-0.1, -0.05) is 40.2 Å². The van der Waals surface area contributed by atoms with Crippen LogP contribution in [0.2, 0.25) is 0 Å². The molecule has 6 rings (SSSR count). The van der Waals surface area contributed by atoms with E-state index in [4.69, 9.17) is 0 Å². The van der Waals surface area contributed by atoms with Gasteiger partial charge in [-0.25, -0.2) is 8.42 Å². The van der Waals surface area contributed by atoms with Crippen LogP contribution < -0.4 is 9.62 Å². The van der Waals surface area contributed by atoms with Crippen LogP contribution in [-0.4, -0.2) is 51.0 Å². The highest BCUT2D eigenvalue weighted by Gasteiger charge is 2.51. The lowest BCUT2D eigenvalue weighted by Crippen LogP contribution is -2.50. The number of halogens is 1. The zero-order valence-electron chi connectivity index (χ0n) is 22.9. The van der Waals surface area contributed by atoms with Gasteiger partial charge in [-0.15, -0.1) is 0 Å². The number of anilines is 1. The van der Waals surface area contributed by atoms with E-state index in [0.717, 1.165) is 38.4 Å². The normalized spacial score (nSPS) is 26.2. The molecule has 4 saturated carbocycles. The van der Waals surface area contributed by atoms with Gasteiger partial charge in [0.2, 0.25) is 21.8 Å². The number of sulfonamides is 1. The Morgan fingerprint density at radius 1 is 1.03 bits per heavy atom. The molecule has 0 spiro atoms. The van der Waals surface area contributed by atoms with Gasteiger partial charge in [-0.2, -0.15) is 0 Å². The van der Waals surface area contributed by atoms with Gasteiger partial charge >= 0.3 is 0 Å². The molecule has 210 valence electrons. The van der Waals surface area contributed by atoms with Crippen LogP contribution in [0.4, 0.5) is 5.69 Å². The molecular formula is C30H38BrN3O4S. The van der Waals surface area contributed by atoms with E-state index in [0.29, 0.717) is 5.69 Å². The zero-order chi connectivity index (χ0) is 27.9. The maximum atomic E-state index is 13.6. The van der Waals surface area contributed by atoms with Crippen LogP contribution in [0.3, 0.4) is 0 Å². The summed E-state index contributed by atoms with van der Waals surface area (Å²) in [6, 6.07) is 14.6.